The summed E-state index contributed by atoms with van der Waals surface area (Å²) in [6.45, 7) is 3.92. The van der Waals surface area contributed by atoms with Crippen LogP contribution in [0.5, 0.6) is 0 Å². The lowest BCUT2D eigenvalue weighted by Crippen LogP contribution is -2.29. The molecule has 210 valence electrons. The maximum atomic E-state index is 13.5. The summed E-state index contributed by atoms with van der Waals surface area (Å²) in [5.41, 5.74) is 2.91. The Morgan fingerprint density at radius 1 is 1.20 bits per heavy atom. The fourth-order valence-corrected chi connectivity index (χ4v) is 5.18. The summed E-state index contributed by atoms with van der Waals surface area (Å²) in [5, 5.41) is 7.52. The van der Waals surface area contributed by atoms with Gasteiger partial charge in [-0.3, -0.25) is 18.9 Å². The quantitative estimate of drug-likeness (QED) is 0.246. The molecule has 1 unspecified atom stereocenters. The van der Waals surface area contributed by atoms with Crippen molar-refractivity contribution < 1.29 is 18.0 Å². The summed E-state index contributed by atoms with van der Waals surface area (Å²) in [6.07, 6.45) is -1.93. The second-order valence-corrected chi connectivity index (χ2v) is 10.4. The molecule has 40 heavy (non-hydrogen) atoms. The van der Waals surface area contributed by atoms with Gasteiger partial charge in [-0.25, -0.2) is 9.97 Å². The Hall–Kier alpha value is -3.78. The molecule has 3 aromatic heterocycles. The molecule has 15 heteroatoms. The Labute approximate surface area is 235 Å². The van der Waals surface area contributed by atoms with Crippen LogP contribution in [0.3, 0.4) is 0 Å². The molecule has 1 atom stereocenters. The molecule has 1 aromatic carbocycles. The van der Waals surface area contributed by atoms with Crippen molar-refractivity contribution in [2.75, 3.05) is 16.5 Å². The smallest absolute Gasteiger partial charge is 0.377 e. The summed E-state index contributed by atoms with van der Waals surface area (Å²) in [7, 11) is 1.58. The molecule has 1 amide bonds. The number of aromatic nitrogens is 5. The van der Waals surface area contributed by atoms with Crippen LogP contribution in [-0.2, 0) is 26.4 Å². The Morgan fingerprint density at radius 2 is 1.95 bits per heavy atom. The van der Waals surface area contributed by atoms with Crippen molar-refractivity contribution in [2.24, 2.45) is 7.05 Å². The van der Waals surface area contributed by atoms with E-state index in [-0.39, 0.29) is 39.9 Å². The van der Waals surface area contributed by atoms with Crippen LogP contribution < -0.4 is 20.5 Å². The number of aryl methyl sites for hydroxylation is 1. The lowest BCUT2D eigenvalue weighted by atomic mass is 10.0. The van der Waals surface area contributed by atoms with E-state index in [0.29, 0.717) is 33.7 Å². The molecule has 4 heterocycles. The largest absolute Gasteiger partial charge is 0.504 e. The minimum absolute atomic E-state index is 0.00454. The SMILES string of the molecule is CSNC(=O)c1nc(Cl)ccc1NC(C)c1cc(C)cc2c(=O)n(C)c(N3Cc4cn(C(F)(F)F)nc4C3)nc12. The van der Waals surface area contributed by atoms with Crippen LogP contribution in [0.4, 0.5) is 24.8 Å². The van der Waals surface area contributed by atoms with E-state index in [4.69, 9.17) is 16.6 Å². The van der Waals surface area contributed by atoms with E-state index in [0.717, 1.165) is 23.7 Å². The van der Waals surface area contributed by atoms with Gasteiger partial charge in [0.2, 0.25) is 5.95 Å². The van der Waals surface area contributed by atoms with Crippen LogP contribution in [0.25, 0.3) is 10.9 Å². The number of hydrogen-bond acceptors (Lipinski definition) is 8. The number of amides is 1. The second kappa shape index (κ2) is 10.3. The fourth-order valence-electron chi connectivity index (χ4n) is 4.76. The molecular formula is C25H24ClF3N8O2S. The lowest BCUT2D eigenvalue weighted by molar-refractivity contribution is -0.212. The average Bonchev–Trinajstić information content (AvgIpc) is 3.47. The number of benzene rings is 1. The van der Waals surface area contributed by atoms with Crippen molar-refractivity contribution in [2.45, 2.75) is 39.3 Å². The first-order chi connectivity index (χ1) is 18.9. The molecule has 0 spiro atoms. The molecule has 4 aromatic rings. The molecule has 1 aliphatic heterocycles. The van der Waals surface area contributed by atoms with E-state index in [1.807, 2.05) is 19.9 Å². The van der Waals surface area contributed by atoms with E-state index >= 15 is 0 Å². The molecular weight excluding hydrogens is 569 g/mol. The third kappa shape index (κ3) is 5.08. The van der Waals surface area contributed by atoms with E-state index in [2.05, 4.69) is 20.1 Å². The van der Waals surface area contributed by atoms with E-state index in [1.165, 1.54) is 4.57 Å². The van der Waals surface area contributed by atoms with Gasteiger partial charge in [-0.15, -0.1) is 13.2 Å². The number of pyridine rings is 1. The average molecular weight is 593 g/mol. The Kier molecular flexibility index (Phi) is 7.17. The Bertz CT molecular complexity index is 1680. The summed E-state index contributed by atoms with van der Waals surface area (Å²) >= 11 is 7.17. The highest BCUT2D eigenvalue weighted by molar-refractivity contribution is 7.97. The number of carbonyl (C=O) groups excluding carboxylic acids is 1. The van der Waals surface area contributed by atoms with Crippen molar-refractivity contribution in [1.29, 1.82) is 0 Å². The second-order valence-electron chi connectivity index (χ2n) is 9.43. The molecule has 0 bridgehead atoms. The van der Waals surface area contributed by atoms with Crippen LogP contribution in [-0.4, -0.2) is 36.5 Å². The van der Waals surface area contributed by atoms with Gasteiger partial charge in [-0.05, 0) is 37.6 Å². The Balaban J connectivity index is 1.54. The molecule has 0 aliphatic carbocycles. The minimum atomic E-state index is -4.60. The molecule has 0 fully saturated rings. The number of nitrogens with one attached hydrogen (secondary N) is 2. The van der Waals surface area contributed by atoms with Crippen molar-refractivity contribution >= 4 is 52.0 Å². The number of rotatable bonds is 6. The topological polar surface area (TPSA) is 110 Å². The molecule has 0 saturated heterocycles. The minimum Gasteiger partial charge on any atom is -0.377 e. The highest BCUT2D eigenvalue weighted by Gasteiger charge is 2.35. The van der Waals surface area contributed by atoms with E-state index in [1.54, 1.807) is 36.4 Å². The highest BCUT2D eigenvalue weighted by Crippen LogP contribution is 2.32. The fraction of sp³-hybridized carbons (Fsp3) is 0.320. The van der Waals surface area contributed by atoms with Crippen molar-refractivity contribution in [3.8, 4) is 0 Å². The van der Waals surface area contributed by atoms with Gasteiger partial charge in [0.25, 0.3) is 11.5 Å². The van der Waals surface area contributed by atoms with Gasteiger partial charge in [0, 0.05) is 37.2 Å². The van der Waals surface area contributed by atoms with Crippen LogP contribution in [0.15, 0.2) is 35.3 Å². The third-order valence-electron chi connectivity index (χ3n) is 6.56. The van der Waals surface area contributed by atoms with Crippen molar-refractivity contribution in [3.05, 3.63) is 74.0 Å². The van der Waals surface area contributed by atoms with Gasteiger partial charge in [-0.2, -0.15) is 9.78 Å². The van der Waals surface area contributed by atoms with Gasteiger partial charge >= 0.3 is 6.30 Å². The summed E-state index contributed by atoms with van der Waals surface area (Å²) in [4.78, 5) is 36.8. The predicted octanol–water partition coefficient (Wildman–Crippen LogP) is 4.66. The zero-order valence-electron chi connectivity index (χ0n) is 21.8. The van der Waals surface area contributed by atoms with Crippen LogP contribution >= 0.6 is 23.5 Å². The van der Waals surface area contributed by atoms with Gasteiger partial charge in [0.1, 0.15) is 5.15 Å². The van der Waals surface area contributed by atoms with E-state index in [9.17, 15) is 22.8 Å². The summed E-state index contributed by atoms with van der Waals surface area (Å²) < 4.78 is 43.3. The summed E-state index contributed by atoms with van der Waals surface area (Å²) in [5.74, 6) is -0.117. The van der Waals surface area contributed by atoms with Crippen molar-refractivity contribution in [1.82, 2.24) is 29.0 Å². The van der Waals surface area contributed by atoms with Crippen LogP contribution in [0.2, 0.25) is 5.15 Å². The molecule has 0 saturated carbocycles. The third-order valence-corrected chi connectivity index (χ3v) is 7.16. The number of halogens is 4. The first-order valence-corrected chi connectivity index (χ1v) is 13.6. The van der Waals surface area contributed by atoms with E-state index < -0.39 is 18.2 Å². The zero-order chi connectivity index (χ0) is 28.9. The molecule has 0 radical (unpaired) electrons. The van der Waals surface area contributed by atoms with Gasteiger partial charge in [0.05, 0.1) is 34.9 Å². The van der Waals surface area contributed by atoms with Crippen LogP contribution in [0, 0.1) is 6.92 Å². The number of anilines is 2. The zero-order valence-corrected chi connectivity index (χ0v) is 23.4. The number of alkyl halides is 3. The number of nitrogens with zero attached hydrogens (tertiary/aromatic N) is 6. The van der Waals surface area contributed by atoms with Gasteiger partial charge in [-0.1, -0.05) is 29.6 Å². The maximum absolute atomic E-state index is 13.5. The van der Waals surface area contributed by atoms with Gasteiger partial charge < -0.3 is 10.2 Å². The first-order valence-electron chi connectivity index (χ1n) is 12.0. The van der Waals surface area contributed by atoms with Crippen molar-refractivity contribution in [3.63, 3.8) is 0 Å². The molecule has 10 nitrogen and oxygen atoms in total. The standard InChI is InChI=1S/C25H24ClF3N8O2S/c1-12-7-15(13(2)30-17-5-6-19(26)31-21(17)22(38)34-40-4)20-16(8-12)23(39)35(3)24(32-20)36-9-14-10-37(25(27,28)29)33-18(14)11-36/h5-8,10,13,30H,9,11H2,1-4H3,(H,34,38). The lowest BCUT2D eigenvalue weighted by Gasteiger charge is -2.23. The monoisotopic (exact) mass is 592 g/mol. The van der Waals surface area contributed by atoms with Gasteiger partial charge in [0.15, 0.2) is 5.69 Å². The number of hydrogen-bond donors (Lipinski definition) is 2. The molecule has 5 rings (SSSR count). The molecule has 2 N–H and O–H groups in total. The highest BCUT2D eigenvalue weighted by atomic mass is 35.5. The number of fused-ring (bicyclic) bond motifs is 2. The summed E-state index contributed by atoms with van der Waals surface area (Å²) in [6, 6.07) is 6.43. The first kappa shape index (κ1) is 27.8. The number of carbonyl (C=O) groups is 1. The predicted molar refractivity (Wildman–Crippen MR) is 147 cm³/mol. The maximum Gasteiger partial charge on any atom is 0.504 e. The molecule has 1 aliphatic rings. The van der Waals surface area contributed by atoms with Crippen LogP contribution in [0.1, 0.15) is 45.8 Å². The normalized spacial score (nSPS) is 13.9. The Morgan fingerprint density at radius 3 is 2.62 bits per heavy atom.